The third-order valence-electron chi connectivity index (χ3n) is 3.43. The van der Waals surface area contributed by atoms with Gasteiger partial charge in [-0.3, -0.25) is 14.5 Å². The Morgan fingerprint density at radius 2 is 2.00 bits per heavy atom. The van der Waals surface area contributed by atoms with Crippen molar-refractivity contribution in [2.24, 2.45) is 5.92 Å². The number of benzene rings is 1. The van der Waals surface area contributed by atoms with E-state index in [1.165, 1.54) is 4.90 Å². The Morgan fingerprint density at radius 1 is 1.30 bits per heavy atom. The lowest BCUT2D eigenvalue weighted by molar-refractivity contribution is -0.123. The maximum absolute atomic E-state index is 12.4. The molecule has 1 fully saturated rings. The third-order valence-corrected chi connectivity index (χ3v) is 4.34. The smallest absolute Gasteiger partial charge is 0.293 e. The van der Waals surface area contributed by atoms with Gasteiger partial charge in [-0.25, -0.2) is 0 Å². The Labute approximate surface area is 138 Å². The lowest BCUT2D eigenvalue weighted by Gasteiger charge is -2.14. The molecule has 0 atom stereocenters. The van der Waals surface area contributed by atoms with Crippen LogP contribution in [0.3, 0.4) is 0 Å². The Kier molecular flexibility index (Phi) is 4.21. The van der Waals surface area contributed by atoms with Crippen LogP contribution >= 0.6 is 11.8 Å². The normalized spacial score (nSPS) is 18.4. The summed E-state index contributed by atoms with van der Waals surface area (Å²) in [4.78, 5) is 26.1. The molecule has 0 radical (unpaired) electrons. The van der Waals surface area contributed by atoms with Gasteiger partial charge < -0.3 is 14.2 Å². The van der Waals surface area contributed by atoms with E-state index in [0.29, 0.717) is 34.3 Å². The van der Waals surface area contributed by atoms with Crippen molar-refractivity contribution in [3.05, 3.63) is 22.6 Å². The van der Waals surface area contributed by atoms with Crippen LogP contribution < -0.4 is 14.2 Å². The van der Waals surface area contributed by atoms with E-state index in [4.69, 9.17) is 14.2 Å². The molecule has 0 unspecified atom stereocenters. The molecule has 2 amide bonds. The number of hydrogen-bond donors (Lipinski definition) is 0. The first-order valence-corrected chi connectivity index (χ1v) is 8.04. The number of carbonyl (C=O) groups excluding carboxylic acids is 2. The van der Waals surface area contributed by atoms with Crippen LogP contribution in [0.1, 0.15) is 19.4 Å². The molecule has 2 aliphatic heterocycles. The highest BCUT2D eigenvalue weighted by Gasteiger charge is 2.35. The van der Waals surface area contributed by atoms with Gasteiger partial charge >= 0.3 is 0 Å². The minimum Gasteiger partial charge on any atom is -0.496 e. The lowest BCUT2D eigenvalue weighted by Crippen LogP contribution is -2.31. The van der Waals surface area contributed by atoms with E-state index < -0.39 is 0 Å². The molecule has 2 heterocycles. The SMILES string of the molecule is COc1cc2c(cc1/C=C1\SC(=O)N(CC(C)C)C1=O)OCO2. The van der Waals surface area contributed by atoms with Gasteiger partial charge in [0.2, 0.25) is 6.79 Å². The number of rotatable bonds is 4. The summed E-state index contributed by atoms with van der Waals surface area (Å²) in [5.74, 6) is 1.71. The summed E-state index contributed by atoms with van der Waals surface area (Å²) in [5.41, 5.74) is 0.673. The predicted octanol–water partition coefficient (Wildman–Crippen LogP) is 3.12. The Morgan fingerprint density at radius 3 is 2.65 bits per heavy atom. The summed E-state index contributed by atoms with van der Waals surface area (Å²) in [5, 5.41) is -0.241. The molecule has 3 rings (SSSR count). The Bertz CT molecular complexity index is 698. The van der Waals surface area contributed by atoms with E-state index >= 15 is 0 Å². The molecule has 0 aliphatic carbocycles. The number of nitrogens with zero attached hydrogens (tertiary/aromatic N) is 1. The fourth-order valence-electron chi connectivity index (χ4n) is 2.39. The summed E-state index contributed by atoms with van der Waals surface area (Å²) >= 11 is 0.942. The number of ether oxygens (including phenoxy) is 3. The number of fused-ring (bicyclic) bond motifs is 1. The summed E-state index contributed by atoms with van der Waals surface area (Å²) in [6, 6.07) is 3.46. The molecule has 1 aromatic rings. The van der Waals surface area contributed by atoms with Gasteiger partial charge in [0.1, 0.15) is 5.75 Å². The predicted molar refractivity (Wildman–Crippen MR) is 86.6 cm³/mol. The van der Waals surface area contributed by atoms with E-state index in [1.807, 2.05) is 13.8 Å². The average Bonchev–Trinajstić information content (AvgIpc) is 3.06. The molecule has 0 spiro atoms. The van der Waals surface area contributed by atoms with Crippen molar-refractivity contribution in [2.75, 3.05) is 20.4 Å². The minimum atomic E-state index is -0.270. The minimum absolute atomic E-state index is 0.160. The van der Waals surface area contributed by atoms with Crippen molar-refractivity contribution in [1.29, 1.82) is 0 Å². The maximum atomic E-state index is 12.4. The van der Waals surface area contributed by atoms with Gasteiger partial charge in [-0.05, 0) is 29.8 Å². The number of imide groups is 1. The van der Waals surface area contributed by atoms with Crippen molar-refractivity contribution in [3.8, 4) is 17.2 Å². The van der Waals surface area contributed by atoms with Crippen LogP contribution in [0.5, 0.6) is 17.2 Å². The molecule has 0 bridgehead atoms. The van der Waals surface area contributed by atoms with Gasteiger partial charge in [0.05, 0.1) is 12.0 Å². The van der Waals surface area contributed by atoms with Crippen molar-refractivity contribution in [3.63, 3.8) is 0 Å². The second-order valence-electron chi connectivity index (χ2n) is 5.63. The van der Waals surface area contributed by atoms with Crippen molar-refractivity contribution in [1.82, 2.24) is 4.90 Å². The zero-order chi connectivity index (χ0) is 16.6. The summed E-state index contributed by atoms with van der Waals surface area (Å²) in [6.07, 6.45) is 1.66. The van der Waals surface area contributed by atoms with E-state index in [-0.39, 0.29) is 23.9 Å². The van der Waals surface area contributed by atoms with E-state index in [0.717, 1.165) is 11.8 Å². The molecule has 2 aliphatic rings. The van der Waals surface area contributed by atoms with Gasteiger partial charge in [0.25, 0.3) is 11.1 Å². The topological polar surface area (TPSA) is 65.1 Å². The van der Waals surface area contributed by atoms with E-state index in [2.05, 4.69) is 0 Å². The van der Waals surface area contributed by atoms with Gasteiger partial charge in [-0.1, -0.05) is 13.8 Å². The first-order valence-electron chi connectivity index (χ1n) is 7.22. The van der Waals surface area contributed by atoms with Crippen molar-refractivity contribution < 1.29 is 23.8 Å². The fourth-order valence-corrected chi connectivity index (χ4v) is 3.23. The number of thioether (sulfide) groups is 1. The second kappa shape index (κ2) is 6.16. The lowest BCUT2D eigenvalue weighted by atomic mass is 10.1. The molecule has 1 aromatic carbocycles. The standard InChI is InChI=1S/C16H17NO5S/c1-9(2)7-17-15(18)14(23-16(17)19)5-10-4-12-13(22-8-21-12)6-11(10)20-3/h4-6,9H,7-8H2,1-3H3/b14-5-. The Hall–Kier alpha value is -2.15. The number of amides is 2. The van der Waals surface area contributed by atoms with Gasteiger partial charge in [0.15, 0.2) is 11.5 Å². The summed E-state index contributed by atoms with van der Waals surface area (Å²) in [7, 11) is 1.54. The van der Waals surface area contributed by atoms with Gasteiger partial charge in [-0.2, -0.15) is 0 Å². The molecule has 0 aromatic heterocycles. The first-order chi connectivity index (χ1) is 11.0. The van der Waals surface area contributed by atoms with Crippen LogP contribution in [0.15, 0.2) is 17.0 Å². The number of methoxy groups -OCH3 is 1. The molecule has 6 nitrogen and oxygen atoms in total. The second-order valence-corrected chi connectivity index (χ2v) is 6.63. The molecule has 1 saturated heterocycles. The van der Waals surface area contributed by atoms with Crippen molar-refractivity contribution >= 4 is 29.0 Å². The highest BCUT2D eigenvalue weighted by atomic mass is 32.2. The van der Waals surface area contributed by atoms with Crippen molar-refractivity contribution in [2.45, 2.75) is 13.8 Å². The van der Waals surface area contributed by atoms with Crippen LogP contribution in [0.2, 0.25) is 0 Å². The molecule has 7 heteroatoms. The van der Waals surface area contributed by atoms with Crippen LogP contribution in [-0.2, 0) is 4.79 Å². The number of carbonyl (C=O) groups is 2. The van der Waals surface area contributed by atoms with E-state index in [1.54, 1.807) is 25.3 Å². The average molecular weight is 335 g/mol. The fraction of sp³-hybridized carbons (Fsp3) is 0.375. The quantitative estimate of drug-likeness (QED) is 0.788. The zero-order valence-electron chi connectivity index (χ0n) is 13.1. The Balaban J connectivity index is 1.93. The largest absolute Gasteiger partial charge is 0.496 e. The van der Waals surface area contributed by atoms with Crippen LogP contribution in [-0.4, -0.2) is 36.5 Å². The van der Waals surface area contributed by atoms with Gasteiger partial charge in [0, 0.05) is 18.2 Å². The molecule has 0 N–H and O–H groups in total. The molecular weight excluding hydrogens is 318 g/mol. The highest BCUT2D eigenvalue weighted by molar-refractivity contribution is 8.18. The molecule has 122 valence electrons. The van der Waals surface area contributed by atoms with Crippen LogP contribution in [0.25, 0.3) is 6.08 Å². The molecule has 23 heavy (non-hydrogen) atoms. The monoisotopic (exact) mass is 335 g/mol. The summed E-state index contributed by atoms with van der Waals surface area (Å²) in [6.45, 7) is 4.51. The molecule has 0 saturated carbocycles. The van der Waals surface area contributed by atoms with Crippen LogP contribution in [0.4, 0.5) is 4.79 Å². The maximum Gasteiger partial charge on any atom is 0.293 e. The first kappa shape index (κ1) is 15.7. The van der Waals surface area contributed by atoms with Gasteiger partial charge in [-0.15, -0.1) is 0 Å². The summed E-state index contributed by atoms with van der Waals surface area (Å²) < 4.78 is 16.0. The zero-order valence-corrected chi connectivity index (χ0v) is 13.9. The highest BCUT2D eigenvalue weighted by Crippen LogP contribution is 2.41. The number of hydrogen-bond acceptors (Lipinski definition) is 6. The molecular formula is C16H17NO5S. The third kappa shape index (κ3) is 3.01. The van der Waals surface area contributed by atoms with E-state index in [9.17, 15) is 9.59 Å². The van der Waals surface area contributed by atoms with Crippen LogP contribution in [0, 0.1) is 5.92 Å².